The van der Waals surface area contributed by atoms with E-state index in [1.165, 1.54) is 24.0 Å². The lowest BCUT2D eigenvalue weighted by atomic mass is 10.2. The molecule has 3 aromatic rings. The van der Waals surface area contributed by atoms with E-state index in [4.69, 9.17) is 0 Å². The van der Waals surface area contributed by atoms with Crippen LogP contribution in [0.2, 0.25) is 0 Å². The van der Waals surface area contributed by atoms with Crippen molar-refractivity contribution in [3.63, 3.8) is 0 Å². The molecule has 26 heavy (non-hydrogen) atoms. The Morgan fingerprint density at radius 1 is 1.04 bits per heavy atom. The Hall–Kier alpha value is -2.61. The minimum Gasteiger partial charge on any atom is -0.373 e. The predicted octanol–water partition coefficient (Wildman–Crippen LogP) is 4.89. The van der Waals surface area contributed by atoms with E-state index in [0.29, 0.717) is 28.0 Å². The maximum absolute atomic E-state index is 12.7. The normalized spacial score (nSPS) is 11.4. The molecule has 1 N–H and O–H groups in total. The molecule has 4 nitrogen and oxygen atoms in total. The number of benzene rings is 1. The van der Waals surface area contributed by atoms with Gasteiger partial charge in [-0.1, -0.05) is 42.1 Å². The average molecular weight is 376 g/mol. The van der Waals surface area contributed by atoms with E-state index >= 15 is 0 Å². The molecule has 0 aliphatic rings. The third kappa shape index (κ3) is 4.51. The zero-order valence-corrected chi connectivity index (χ0v) is 14.6. The monoisotopic (exact) mass is 376 g/mol. The zero-order valence-electron chi connectivity index (χ0n) is 13.8. The lowest BCUT2D eigenvalue weighted by molar-refractivity contribution is -0.141. The van der Waals surface area contributed by atoms with Gasteiger partial charge in [0.2, 0.25) is 0 Å². The summed E-state index contributed by atoms with van der Waals surface area (Å²) in [7, 11) is 1.72. The first-order valence-electron chi connectivity index (χ1n) is 7.73. The van der Waals surface area contributed by atoms with Gasteiger partial charge in [-0.2, -0.15) is 13.2 Å². The summed E-state index contributed by atoms with van der Waals surface area (Å²) in [5, 5.41) is 3.48. The highest BCUT2D eigenvalue weighted by Crippen LogP contribution is 2.30. The molecule has 3 rings (SSSR count). The van der Waals surface area contributed by atoms with Crippen LogP contribution in [0.4, 0.5) is 19.0 Å². The molecule has 0 radical (unpaired) electrons. The molecule has 8 heteroatoms. The molecule has 0 fully saturated rings. The number of pyridine rings is 1. The number of nitrogens with one attached hydrogen (secondary N) is 1. The number of halogens is 3. The minimum absolute atomic E-state index is 0.499. The number of hydrogen-bond acceptors (Lipinski definition) is 5. The van der Waals surface area contributed by atoms with Crippen molar-refractivity contribution in [2.75, 3.05) is 12.4 Å². The molecule has 0 unspecified atom stereocenters. The summed E-state index contributed by atoms with van der Waals surface area (Å²) >= 11 is 1.46. The fraction of sp³-hybridized carbons (Fsp3) is 0.167. The molecule has 0 saturated carbocycles. The fourth-order valence-corrected chi connectivity index (χ4v) is 3.01. The Labute approximate surface area is 152 Å². The number of hydrogen-bond donors (Lipinski definition) is 1. The van der Waals surface area contributed by atoms with Crippen molar-refractivity contribution < 1.29 is 13.2 Å². The van der Waals surface area contributed by atoms with E-state index in [9.17, 15) is 13.2 Å². The molecular formula is C18H15F3N4S. The summed E-state index contributed by atoms with van der Waals surface area (Å²) in [6.07, 6.45) is -3.28. The van der Waals surface area contributed by atoms with Crippen molar-refractivity contribution in [2.45, 2.75) is 17.1 Å². The largest absolute Gasteiger partial charge is 0.433 e. The van der Waals surface area contributed by atoms with Crippen LogP contribution in [-0.2, 0) is 11.9 Å². The maximum atomic E-state index is 12.7. The van der Waals surface area contributed by atoms with Crippen molar-refractivity contribution in [1.82, 2.24) is 15.0 Å². The van der Waals surface area contributed by atoms with E-state index < -0.39 is 11.9 Å². The van der Waals surface area contributed by atoms with Gasteiger partial charge in [0.25, 0.3) is 0 Å². The molecule has 2 heterocycles. The molecule has 0 saturated heterocycles. The maximum Gasteiger partial charge on any atom is 0.433 e. The van der Waals surface area contributed by atoms with Crippen LogP contribution in [0.25, 0.3) is 11.3 Å². The topological polar surface area (TPSA) is 50.7 Å². The van der Waals surface area contributed by atoms with Crippen LogP contribution in [0.5, 0.6) is 0 Å². The van der Waals surface area contributed by atoms with Gasteiger partial charge in [0.1, 0.15) is 11.5 Å². The minimum atomic E-state index is -4.46. The van der Waals surface area contributed by atoms with E-state index in [2.05, 4.69) is 20.3 Å². The van der Waals surface area contributed by atoms with Gasteiger partial charge < -0.3 is 5.32 Å². The SMILES string of the molecule is CNc1cc(-c2ccc(C(F)(F)F)nc2)nc(SCc2ccccc2)n1. The second-order valence-electron chi connectivity index (χ2n) is 5.38. The standard InChI is InChI=1S/C18H15F3N4S/c1-22-16-9-14(13-7-8-15(23-10-13)18(19,20)21)24-17(25-16)26-11-12-5-3-2-4-6-12/h2-10H,11H2,1H3,(H,22,24,25). The Morgan fingerprint density at radius 3 is 2.42 bits per heavy atom. The first-order chi connectivity index (χ1) is 12.5. The molecule has 0 spiro atoms. The van der Waals surface area contributed by atoms with Gasteiger partial charge in [-0.3, -0.25) is 4.98 Å². The molecule has 0 bridgehead atoms. The highest BCUT2D eigenvalue weighted by Gasteiger charge is 2.32. The van der Waals surface area contributed by atoms with E-state index in [1.807, 2.05) is 30.3 Å². The van der Waals surface area contributed by atoms with Gasteiger partial charge in [-0.25, -0.2) is 9.97 Å². The number of nitrogens with zero attached hydrogens (tertiary/aromatic N) is 3. The first kappa shape index (κ1) is 18.2. The van der Waals surface area contributed by atoms with Crippen LogP contribution in [0.15, 0.2) is 59.9 Å². The lowest BCUT2D eigenvalue weighted by Crippen LogP contribution is -2.07. The molecule has 134 valence electrons. The number of alkyl halides is 3. The van der Waals surface area contributed by atoms with Crippen molar-refractivity contribution in [1.29, 1.82) is 0 Å². The van der Waals surface area contributed by atoms with Gasteiger partial charge in [0.05, 0.1) is 5.69 Å². The summed E-state index contributed by atoms with van der Waals surface area (Å²) in [6, 6.07) is 13.9. The molecule has 1 aromatic carbocycles. The highest BCUT2D eigenvalue weighted by molar-refractivity contribution is 7.98. The fourth-order valence-electron chi connectivity index (χ4n) is 2.20. The van der Waals surface area contributed by atoms with E-state index in [-0.39, 0.29) is 0 Å². The van der Waals surface area contributed by atoms with Crippen molar-refractivity contribution >= 4 is 17.6 Å². The van der Waals surface area contributed by atoms with Gasteiger partial charge >= 0.3 is 6.18 Å². The third-order valence-corrected chi connectivity index (χ3v) is 4.44. The Bertz CT molecular complexity index is 868. The zero-order chi connectivity index (χ0) is 18.6. The van der Waals surface area contributed by atoms with Gasteiger partial charge in [-0.15, -0.1) is 0 Å². The Morgan fingerprint density at radius 2 is 1.81 bits per heavy atom. The second kappa shape index (κ2) is 7.74. The van der Waals surface area contributed by atoms with Crippen LogP contribution in [-0.4, -0.2) is 22.0 Å². The van der Waals surface area contributed by atoms with Crippen molar-refractivity contribution in [3.8, 4) is 11.3 Å². The van der Waals surface area contributed by atoms with Crippen molar-refractivity contribution in [2.24, 2.45) is 0 Å². The van der Waals surface area contributed by atoms with Gasteiger partial charge in [0, 0.05) is 30.6 Å². The summed E-state index contributed by atoms with van der Waals surface area (Å²) in [4.78, 5) is 12.3. The van der Waals surface area contributed by atoms with Gasteiger partial charge in [0.15, 0.2) is 5.16 Å². The lowest BCUT2D eigenvalue weighted by Gasteiger charge is -2.09. The quantitative estimate of drug-likeness (QED) is 0.507. The Balaban J connectivity index is 1.85. The highest BCUT2D eigenvalue weighted by atomic mass is 32.2. The molecule has 0 atom stereocenters. The Kier molecular flexibility index (Phi) is 5.41. The van der Waals surface area contributed by atoms with Crippen LogP contribution in [0.1, 0.15) is 11.3 Å². The van der Waals surface area contributed by atoms with Gasteiger partial charge in [-0.05, 0) is 17.7 Å². The van der Waals surface area contributed by atoms with Crippen LogP contribution < -0.4 is 5.32 Å². The average Bonchev–Trinajstić information content (AvgIpc) is 2.66. The summed E-state index contributed by atoms with van der Waals surface area (Å²) in [5.41, 5.74) is 1.22. The number of aromatic nitrogens is 3. The summed E-state index contributed by atoms with van der Waals surface area (Å²) in [5.74, 6) is 1.28. The molecule has 0 aliphatic carbocycles. The van der Waals surface area contributed by atoms with E-state index in [0.717, 1.165) is 11.6 Å². The predicted molar refractivity (Wildman–Crippen MR) is 95.8 cm³/mol. The van der Waals surface area contributed by atoms with Crippen molar-refractivity contribution in [3.05, 3.63) is 66.0 Å². The van der Waals surface area contributed by atoms with Crippen LogP contribution in [0.3, 0.4) is 0 Å². The third-order valence-electron chi connectivity index (χ3n) is 3.52. The number of thioether (sulfide) groups is 1. The molecule has 0 aliphatic heterocycles. The number of rotatable bonds is 5. The van der Waals surface area contributed by atoms with Crippen LogP contribution in [0, 0.1) is 0 Å². The summed E-state index contributed by atoms with van der Waals surface area (Å²) in [6.45, 7) is 0. The summed E-state index contributed by atoms with van der Waals surface area (Å²) < 4.78 is 38.0. The van der Waals surface area contributed by atoms with E-state index in [1.54, 1.807) is 13.1 Å². The first-order valence-corrected chi connectivity index (χ1v) is 8.71. The van der Waals surface area contributed by atoms with Crippen LogP contribution >= 0.6 is 11.8 Å². The smallest absolute Gasteiger partial charge is 0.373 e. The molecule has 0 amide bonds. The molecule has 2 aromatic heterocycles. The number of anilines is 1. The second-order valence-corrected chi connectivity index (χ2v) is 6.32. The molecular weight excluding hydrogens is 361 g/mol.